The largest absolute Gasteiger partial charge is 0.440 e. The van der Waals surface area contributed by atoms with Crippen molar-refractivity contribution in [2.75, 3.05) is 11.9 Å². The van der Waals surface area contributed by atoms with Gasteiger partial charge in [0.25, 0.3) is 0 Å². The normalized spacial score (nSPS) is 14.9. The average molecular weight is 367 g/mol. The Morgan fingerprint density at radius 1 is 1.36 bits per heavy atom. The molecule has 1 fully saturated rings. The van der Waals surface area contributed by atoms with E-state index in [0.29, 0.717) is 17.2 Å². The molecule has 0 unspecified atom stereocenters. The second-order valence-corrected chi connectivity index (χ2v) is 6.54. The molecule has 4 N–H and O–H groups in total. The van der Waals surface area contributed by atoms with Crippen molar-refractivity contribution >= 4 is 41.0 Å². The van der Waals surface area contributed by atoms with Crippen molar-refractivity contribution < 1.29 is 14.0 Å². The van der Waals surface area contributed by atoms with E-state index in [4.69, 9.17) is 10.2 Å². The number of carbonyl (C=O) groups is 2. The molecule has 1 saturated carbocycles. The Hall–Kier alpha value is -2.12. The Morgan fingerprint density at radius 2 is 2.08 bits per heavy atom. The van der Waals surface area contributed by atoms with E-state index in [-0.39, 0.29) is 36.7 Å². The third-order valence-corrected chi connectivity index (χ3v) is 4.06. The topological polar surface area (TPSA) is 110 Å². The zero-order valence-corrected chi connectivity index (χ0v) is 15.1. The van der Waals surface area contributed by atoms with Crippen molar-refractivity contribution in [2.45, 2.75) is 38.6 Å². The van der Waals surface area contributed by atoms with Gasteiger partial charge in [0, 0.05) is 11.6 Å². The van der Waals surface area contributed by atoms with E-state index in [1.165, 1.54) is 0 Å². The lowest BCUT2D eigenvalue weighted by atomic mass is 10.1. The SMILES string of the molecule is CC(C)[C@H](N)C(=O)NCC(=O)Nc1ccc2oc(C3CC3)nc2c1.Cl. The number of rotatable bonds is 6. The van der Waals surface area contributed by atoms with E-state index in [1.54, 1.807) is 18.2 Å². The smallest absolute Gasteiger partial charge is 0.243 e. The Kier molecular flexibility index (Phi) is 6.02. The minimum absolute atomic E-state index is 0. The number of nitrogens with two attached hydrogens (primary N) is 1. The summed E-state index contributed by atoms with van der Waals surface area (Å²) in [6.07, 6.45) is 2.24. The lowest BCUT2D eigenvalue weighted by molar-refractivity contribution is -0.125. The first kappa shape index (κ1) is 19.2. The number of nitrogens with one attached hydrogen (secondary N) is 2. The molecule has 136 valence electrons. The Labute approximate surface area is 152 Å². The molecular formula is C17H23ClN4O3. The van der Waals surface area contributed by atoms with Crippen LogP contribution in [0.25, 0.3) is 11.1 Å². The summed E-state index contributed by atoms with van der Waals surface area (Å²) in [7, 11) is 0. The van der Waals surface area contributed by atoms with Crippen molar-refractivity contribution in [1.29, 1.82) is 0 Å². The first-order chi connectivity index (χ1) is 11.4. The summed E-state index contributed by atoms with van der Waals surface area (Å²) in [4.78, 5) is 28.2. The maximum Gasteiger partial charge on any atom is 0.243 e. The lowest BCUT2D eigenvalue weighted by Gasteiger charge is -2.15. The molecule has 1 aliphatic rings. The van der Waals surface area contributed by atoms with Gasteiger partial charge in [-0.05, 0) is 37.0 Å². The molecule has 0 spiro atoms. The molecule has 2 aromatic rings. The number of hydrogen-bond acceptors (Lipinski definition) is 5. The van der Waals surface area contributed by atoms with Gasteiger partial charge in [-0.3, -0.25) is 9.59 Å². The highest BCUT2D eigenvalue weighted by atomic mass is 35.5. The van der Waals surface area contributed by atoms with Crippen LogP contribution in [0.1, 0.15) is 38.5 Å². The molecule has 0 radical (unpaired) electrons. The van der Waals surface area contributed by atoms with Crippen molar-refractivity contribution in [3.63, 3.8) is 0 Å². The van der Waals surface area contributed by atoms with Crippen LogP contribution >= 0.6 is 12.4 Å². The van der Waals surface area contributed by atoms with Crippen LogP contribution < -0.4 is 16.4 Å². The molecule has 2 amide bonds. The monoisotopic (exact) mass is 366 g/mol. The molecule has 0 aliphatic heterocycles. The first-order valence-electron chi connectivity index (χ1n) is 8.17. The molecule has 1 aromatic heterocycles. The molecular weight excluding hydrogens is 344 g/mol. The number of carbonyl (C=O) groups excluding carboxylic acids is 2. The molecule has 0 saturated heterocycles. The van der Waals surface area contributed by atoms with E-state index in [0.717, 1.165) is 24.2 Å². The van der Waals surface area contributed by atoms with Gasteiger partial charge in [-0.1, -0.05) is 13.8 Å². The molecule has 1 heterocycles. The number of benzene rings is 1. The Morgan fingerprint density at radius 3 is 2.72 bits per heavy atom. The molecule has 25 heavy (non-hydrogen) atoms. The van der Waals surface area contributed by atoms with Gasteiger partial charge < -0.3 is 20.8 Å². The highest BCUT2D eigenvalue weighted by Gasteiger charge is 2.28. The molecule has 8 heteroatoms. The summed E-state index contributed by atoms with van der Waals surface area (Å²) in [5.41, 5.74) is 7.78. The fourth-order valence-electron chi connectivity index (χ4n) is 2.32. The molecule has 3 rings (SSSR count). The maximum atomic E-state index is 12.0. The standard InChI is InChI=1S/C17H22N4O3.ClH/c1-9(2)15(18)16(23)19-8-14(22)20-11-5-6-13-12(7-11)21-17(24-13)10-3-4-10;/h5-7,9-10,15H,3-4,8,18H2,1-2H3,(H,19,23)(H,20,22);1H/t15-;/m0./s1. The van der Waals surface area contributed by atoms with Gasteiger partial charge in [0.1, 0.15) is 5.52 Å². The van der Waals surface area contributed by atoms with Gasteiger partial charge in [0.05, 0.1) is 12.6 Å². The number of hydrogen-bond donors (Lipinski definition) is 3. The minimum atomic E-state index is -0.620. The summed E-state index contributed by atoms with van der Waals surface area (Å²) < 4.78 is 5.68. The predicted molar refractivity (Wildman–Crippen MR) is 97.7 cm³/mol. The summed E-state index contributed by atoms with van der Waals surface area (Å²) in [6, 6.07) is 4.69. The number of anilines is 1. The van der Waals surface area contributed by atoms with E-state index < -0.39 is 6.04 Å². The van der Waals surface area contributed by atoms with Crippen molar-refractivity contribution in [1.82, 2.24) is 10.3 Å². The van der Waals surface area contributed by atoms with Crippen LogP contribution in [0.15, 0.2) is 22.6 Å². The Balaban J connectivity index is 0.00000225. The van der Waals surface area contributed by atoms with Gasteiger partial charge >= 0.3 is 0 Å². The number of oxazole rings is 1. The minimum Gasteiger partial charge on any atom is -0.440 e. The van der Waals surface area contributed by atoms with Gasteiger partial charge in [-0.15, -0.1) is 12.4 Å². The van der Waals surface area contributed by atoms with Crippen LogP contribution in [-0.4, -0.2) is 29.4 Å². The third kappa shape index (κ3) is 4.70. The van der Waals surface area contributed by atoms with E-state index in [2.05, 4.69) is 15.6 Å². The van der Waals surface area contributed by atoms with Gasteiger partial charge in [-0.2, -0.15) is 0 Å². The Bertz CT molecular complexity index is 770. The van der Waals surface area contributed by atoms with E-state index in [1.807, 2.05) is 13.8 Å². The van der Waals surface area contributed by atoms with Crippen LogP contribution in [-0.2, 0) is 9.59 Å². The van der Waals surface area contributed by atoms with Gasteiger partial charge in [0.2, 0.25) is 11.8 Å². The van der Waals surface area contributed by atoms with Crippen LogP contribution in [0.2, 0.25) is 0 Å². The molecule has 1 aromatic carbocycles. The molecule has 1 atom stereocenters. The predicted octanol–water partition coefficient (Wildman–Crippen LogP) is 2.17. The second-order valence-electron chi connectivity index (χ2n) is 6.54. The second kappa shape index (κ2) is 7.84. The van der Waals surface area contributed by atoms with Crippen LogP contribution in [0, 0.1) is 5.92 Å². The summed E-state index contributed by atoms with van der Waals surface area (Å²) in [5.74, 6) is 0.577. The van der Waals surface area contributed by atoms with Crippen LogP contribution in [0.4, 0.5) is 5.69 Å². The van der Waals surface area contributed by atoms with Crippen LogP contribution in [0.5, 0.6) is 0 Å². The van der Waals surface area contributed by atoms with Crippen molar-refractivity contribution in [3.8, 4) is 0 Å². The molecule has 0 bridgehead atoms. The zero-order chi connectivity index (χ0) is 17.3. The number of aromatic nitrogens is 1. The summed E-state index contributed by atoms with van der Waals surface area (Å²) in [5, 5.41) is 5.27. The number of fused-ring (bicyclic) bond motifs is 1. The highest BCUT2D eigenvalue weighted by Crippen LogP contribution is 2.40. The number of amides is 2. The van der Waals surface area contributed by atoms with E-state index >= 15 is 0 Å². The van der Waals surface area contributed by atoms with Gasteiger partial charge in [0.15, 0.2) is 11.5 Å². The first-order valence-corrected chi connectivity index (χ1v) is 8.17. The fourth-order valence-corrected chi connectivity index (χ4v) is 2.32. The summed E-state index contributed by atoms with van der Waals surface area (Å²) >= 11 is 0. The highest BCUT2D eigenvalue weighted by molar-refractivity contribution is 5.96. The number of halogens is 1. The fraction of sp³-hybridized carbons (Fsp3) is 0.471. The lowest BCUT2D eigenvalue weighted by Crippen LogP contribution is -2.46. The molecule has 7 nitrogen and oxygen atoms in total. The van der Waals surface area contributed by atoms with E-state index in [9.17, 15) is 9.59 Å². The van der Waals surface area contributed by atoms with Crippen molar-refractivity contribution in [2.24, 2.45) is 11.7 Å². The quantitative estimate of drug-likeness (QED) is 0.725. The number of nitrogens with zero attached hydrogens (tertiary/aromatic N) is 1. The summed E-state index contributed by atoms with van der Waals surface area (Å²) in [6.45, 7) is 3.59. The van der Waals surface area contributed by atoms with Crippen LogP contribution in [0.3, 0.4) is 0 Å². The van der Waals surface area contributed by atoms with Crippen molar-refractivity contribution in [3.05, 3.63) is 24.1 Å². The average Bonchev–Trinajstić information content (AvgIpc) is 3.31. The molecule has 1 aliphatic carbocycles. The maximum absolute atomic E-state index is 12.0. The van der Waals surface area contributed by atoms with Gasteiger partial charge in [-0.25, -0.2) is 4.98 Å². The zero-order valence-electron chi connectivity index (χ0n) is 14.2. The third-order valence-electron chi connectivity index (χ3n) is 4.06.